The first kappa shape index (κ1) is 30.1. The van der Waals surface area contributed by atoms with Crippen molar-refractivity contribution in [1.82, 2.24) is 14.9 Å². The number of carbonyl (C=O) groups is 1. The van der Waals surface area contributed by atoms with E-state index in [0.717, 1.165) is 34.7 Å². The number of benzene rings is 3. The normalized spacial score (nSPS) is 10.8. The Kier molecular flexibility index (Phi) is 9.82. The van der Waals surface area contributed by atoms with Gasteiger partial charge in [0.05, 0.1) is 25.6 Å². The summed E-state index contributed by atoms with van der Waals surface area (Å²) in [5.74, 6) is 2.14. The van der Waals surface area contributed by atoms with Crippen LogP contribution in [0.15, 0.2) is 60.7 Å². The molecule has 0 saturated carbocycles. The van der Waals surface area contributed by atoms with Gasteiger partial charge >= 0.3 is 6.09 Å². The standard InChI is InChI=1S/C32H37N5O5/c1-20-8-14-26(22(3)21(20)2)28-19-30(42-32(38)35-27-15-13-25(39-6)18-29(27)40-7)36-31(34-28)33-23-9-11-24(12-10-23)41-17-16-37(4)5/h8-15,18-19H,16-17H2,1-7H3,(H,35,38)(H,33,34,36). The fourth-order valence-electron chi connectivity index (χ4n) is 4.15. The molecule has 1 aromatic heterocycles. The molecule has 1 heterocycles. The van der Waals surface area contributed by atoms with Crippen molar-refractivity contribution in [2.24, 2.45) is 0 Å². The van der Waals surface area contributed by atoms with Crippen LogP contribution >= 0.6 is 0 Å². The Bertz CT molecular complexity index is 1540. The molecule has 0 unspecified atom stereocenters. The topological polar surface area (TPSA) is 107 Å². The molecule has 0 aliphatic carbocycles. The predicted octanol–water partition coefficient (Wildman–Crippen LogP) is 6.38. The van der Waals surface area contributed by atoms with E-state index in [9.17, 15) is 4.79 Å². The van der Waals surface area contributed by atoms with Gasteiger partial charge in [-0.1, -0.05) is 12.1 Å². The van der Waals surface area contributed by atoms with Gasteiger partial charge in [0.1, 0.15) is 23.9 Å². The summed E-state index contributed by atoms with van der Waals surface area (Å²) >= 11 is 0. The number of hydrogen-bond donors (Lipinski definition) is 2. The maximum atomic E-state index is 12.9. The zero-order valence-corrected chi connectivity index (χ0v) is 25.1. The number of ether oxygens (including phenoxy) is 4. The maximum absolute atomic E-state index is 12.9. The number of amides is 1. The van der Waals surface area contributed by atoms with E-state index in [2.05, 4.69) is 34.4 Å². The van der Waals surface area contributed by atoms with Crippen molar-refractivity contribution in [2.45, 2.75) is 20.8 Å². The van der Waals surface area contributed by atoms with Gasteiger partial charge in [-0.3, -0.25) is 5.32 Å². The van der Waals surface area contributed by atoms with Crippen LogP contribution in [0, 0.1) is 20.8 Å². The van der Waals surface area contributed by atoms with Crippen LogP contribution in [0.4, 0.5) is 22.1 Å². The second-order valence-corrected chi connectivity index (χ2v) is 9.98. The van der Waals surface area contributed by atoms with E-state index >= 15 is 0 Å². The van der Waals surface area contributed by atoms with Crippen molar-refractivity contribution in [2.75, 3.05) is 52.1 Å². The molecular formula is C32H37N5O5. The van der Waals surface area contributed by atoms with Gasteiger partial charge in [-0.15, -0.1) is 0 Å². The van der Waals surface area contributed by atoms with Crippen LogP contribution in [0.3, 0.4) is 0 Å². The Hall–Kier alpha value is -4.83. The quantitative estimate of drug-likeness (QED) is 0.212. The number of carbonyl (C=O) groups excluding carboxylic acids is 1. The van der Waals surface area contributed by atoms with Crippen molar-refractivity contribution in [3.63, 3.8) is 0 Å². The maximum Gasteiger partial charge on any atom is 0.418 e. The molecule has 0 radical (unpaired) electrons. The van der Waals surface area contributed by atoms with E-state index in [1.807, 2.05) is 57.4 Å². The van der Waals surface area contributed by atoms with Crippen molar-refractivity contribution >= 4 is 23.4 Å². The van der Waals surface area contributed by atoms with E-state index in [0.29, 0.717) is 29.5 Å². The summed E-state index contributed by atoms with van der Waals surface area (Å²) in [4.78, 5) is 24.2. The molecule has 0 fully saturated rings. The molecule has 0 aliphatic rings. The fraction of sp³-hybridized carbons (Fsp3) is 0.281. The Morgan fingerprint density at radius 3 is 2.29 bits per heavy atom. The first-order valence-electron chi connectivity index (χ1n) is 13.5. The fourth-order valence-corrected chi connectivity index (χ4v) is 4.15. The summed E-state index contributed by atoms with van der Waals surface area (Å²) in [6.45, 7) is 7.60. The third kappa shape index (κ3) is 7.67. The molecule has 0 atom stereocenters. The first-order chi connectivity index (χ1) is 20.2. The van der Waals surface area contributed by atoms with Gasteiger partial charge in [-0.05, 0) is 88.0 Å². The molecule has 0 bridgehead atoms. The molecular weight excluding hydrogens is 534 g/mol. The lowest BCUT2D eigenvalue weighted by atomic mass is 9.97. The lowest BCUT2D eigenvalue weighted by molar-refractivity contribution is 0.213. The van der Waals surface area contributed by atoms with Crippen LogP contribution in [0.1, 0.15) is 16.7 Å². The number of rotatable bonds is 11. The minimum atomic E-state index is -0.731. The van der Waals surface area contributed by atoms with E-state index in [1.54, 1.807) is 31.4 Å². The smallest absolute Gasteiger partial charge is 0.418 e. The third-order valence-corrected chi connectivity index (χ3v) is 6.80. The van der Waals surface area contributed by atoms with Crippen LogP contribution in [0.5, 0.6) is 23.1 Å². The highest BCUT2D eigenvalue weighted by atomic mass is 16.6. The van der Waals surface area contributed by atoms with Gasteiger partial charge < -0.3 is 29.2 Å². The van der Waals surface area contributed by atoms with Gasteiger partial charge in [0.25, 0.3) is 0 Å². The van der Waals surface area contributed by atoms with Crippen LogP contribution in [0.25, 0.3) is 11.3 Å². The molecule has 4 aromatic rings. The highest BCUT2D eigenvalue weighted by Crippen LogP contribution is 2.31. The minimum Gasteiger partial charge on any atom is -0.497 e. The SMILES string of the molecule is COc1ccc(NC(=O)Oc2cc(-c3ccc(C)c(C)c3C)nc(Nc3ccc(OCCN(C)C)cc3)n2)c(OC)c1. The molecule has 3 aromatic carbocycles. The lowest BCUT2D eigenvalue weighted by Gasteiger charge is -2.15. The number of nitrogens with one attached hydrogen (secondary N) is 2. The van der Waals surface area contributed by atoms with E-state index in [-0.39, 0.29) is 11.8 Å². The van der Waals surface area contributed by atoms with Gasteiger partial charge in [0, 0.05) is 29.9 Å². The summed E-state index contributed by atoms with van der Waals surface area (Å²) in [5, 5.41) is 5.93. The molecule has 220 valence electrons. The summed E-state index contributed by atoms with van der Waals surface area (Å²) in [6, 6.07) is 18.3. The molecule has 42 heavy (non-hydrogen) atoms. The second kappa shape index (κ2) is 13.7. The number of aryl methyl sites for hydroxylation is 1. The zero-order chi connectivity index (χ0) is 30.2. The summed E-state index contributed by atoms with van der Waals surface area (Å²) in [7, 11) is 7.07. The predicted molar refractivity (Wildman–Crippen MR) is 165 cm³/mol. The van der Waals surface area contributed by atoms with Crippen molar-refractivity contribution in [3.8, 4) is 34.4 Å². The largest absolute Gasteiger partial charge is 0.497 e. The van der Waals surface area contributed by atoms with Crippen molar-refractivity contribution < 1.29 is 23.7 Å². The lowest BCUT2D eigenvalue weighted by Crippen LogP contribution is -2.19. The number of nitrogens with zero attached hydrogens (tertiary/aromatic N) is 3. The molecule has 10 heteroatoms. The van der Waals surface area contributed by atoms with Gasteiger partial charge in [0.2, 0.25) is 11.8 Å². The van der Waals surface area contributed by atoms with Gasteiger partial charge in [0.15, 0.2) is 0 Å². The molecule has 2 N–H and O–H groups in total. The summed E-state index contributed by atoms with van der Waals surface area (Å²) in [5.41, 5.74) is 6.13. The highest BCUT2D eigenvalue weighted by molar-refractivity contribution is 5.88. The second-order valence-electron chi connectivity index (χ2n) is 9.98. The van der Waals surface area contributed by atoms with Crippen molar-refractivity contribution in [3.05, 3.63) is 77.4 Å². The Labute approximate surface area is 246 Å². The highest BCUT2D eigenvalue weighted by Gasteiger charge is 2.16. The van der Waals surface area contributed by atoms with E-state index in [1.165, 1.54) is 12.7 Å². The summed E-state index contributed by atoms with van der Waals surface area (Å²) in [6.07, 6.45) is -0.731. The average Bonchev–Trinajstić information content (AvgIpc) is 2.96. The van der Waals surface area contributed by atoms with E-state index < -0.39 is 6.09 Å². The molecule has 0 aliphatic heterocycles. The number of methoxy groups -OCH3 is 2. The number of likely N-dealkylation sites (N-methyl/N-ethyl adjacent to an activating group) is 1. The van der Waals surface area contributed by atoms with Gasteiger partial charge in [-0.25, -0.2) is 9.78 Å². The zero-order valence-electron chi connectivity index (χ0n) is 25.1. The monoisotopic (exact) mass is 571 g/mol. The molecule has 10 nitrogen and oxygen atoms in total. The molecule has 1 amide bonds. The van der Waals surface area contributed by atoms with Gasteiger partial charge in [-0.2, -0.15) is 4.98 Å². The average molecular weight is 572 g/mol. The molecule has 4 rings (SSSR count). The Balaban J connectivity index is 1.60. The number of anilines is 3. The Morgan fingerprint density at radius 1 is 0.857 bits per heavy atom. The van der Waals surface area contributed by atoms with Crippen LogP contribution in [-0.4, -0.2) is 62.4 Å². The molecule has 0 saturated heterocycles. The van der Waals surface area contributed by atoms with Crippen LogP contribution < -0.4 is 29.6 Å². The summed E-state index contributed by atoms with van der Waals surface area (Å²) < 4.78 is 22.0. The third-order valence-electron chi connectivity index (χ3n) is 6.80. The molecule has 0 spiro atoms. The number of aromatic nitrogens is 2. The first-order valence-corrected chi connectivity index (χ1v) is 13.5. The van der Waals surface area contributed by atoms with Crippen LogP contribution in [0.2, 0.25) is 0 Å². The number of hydrogen-bond acceptors (Lipinski definition) is 9. The van der Waals surface area contributed by atoms with Crippen LogP contribution in [-0.2, 0) is 0 Å². The minimum absolute atomic E-state index is 0.0775. The Morgan fingerprint density at radius 2 is 1.60 bits per heavy atom. The van der Waals surface area contributed by atoms with E-state index in [4.69, 9.17) is 23.9 Å². The van der Waals surface area contributed by atoms with Crippen molar-refractivity contribution in [1.29, 1.82) is 0 Å².